The third-order valence-corrected chi connectivity index (χ3v) is 3.83. The van der Waals surface area contributed by atoms with Crippen LogP contribution in [0.1, 0.15) is 32.7 Å². The summed E-state index contributed by atoms with van der Waals surface area (Å²) in [5, 5.41) is 13.7. The van der Waals surface area contributed by atoms with Crippen molar-refractivity contribution >= 4 is 17.6 Å². The third-order valence-electron chi connectivity index (χ3n) is 3.83. The highest BCUT2D eigenvalue weighted by molar-refractivity contribution is 6.07. The highest BCUT2D eigenvalue weighted by Gasteiger charge is 2.30. The van der Waals surface area contributed by atoms with Gasteiger partial charge in [0.2, 0.25) is 0 Å². The monoisotopic (exact) mass is 380 g/mol. The summed E-state index contributed by atoms with van der Waals surface area (Å²) in [5.74, 6) is -1.87. The van der Waals surface area contributed by atoms with Gasteiger partial charge in [0.05, 0.1) is 30.4 Å². The van der Waals surface area contributed by atoms with E-state index in [2.05, 4.69) is 5.32 Å². The van der Waals surface area contributed by atoms with Gasteiger partial charge in [-0.25, -0.2) is 0 Å². The lowest BCUT2D eigenvalue weighted by molar-refractivity contribution is -0.254. The summed E-state index contributed by atoms with van der Waals surface area (Å²) in [7, 11) is 0. The van der Waals surface area contributed by atoms with Crippen LogP contribution in [0.5, 0.6) is 11.5 Å². The van der Waals surface area contributed by atoms with E-state index in [0.717, 1.165) is 24.3 Å². The average Bonchev–Trinajstić information content (AvgIpc) is 2.85. The minimum atomic E-state index is -4.52. The molecular weight excluding hydrogens is 367 g/mol. The first-order valence-electron chi connectivity index (χ1n) is 7.89. The molecule has 0 saturated carbocycles. The van der Waals surface area contributed by atoms with E-state index >= 15 is 0 Å². The van der Waals surface area contributed by atoms with Crippen LogP contribution in [0.25, 0.3) is 0 Å². The lowest BCUT2D eigenvalue weighted by Crippen LogP contribution is -2.25. The van der Waals surface area contributed by atoms with Crippen LogP contribution >= 0.6 is 0 Å². The second-order valence-electron chi connectivity index (χ2n) is 5.71. The fourth-order valence-corrected chi connectivity index (χ4v) is 2.49. The standard InChI is InChI=1S/C18H14F3NO5/c19-18(20,21)11-4-2-10(3-5-11)16(23)22-13-9-15-14(8-12(13)17(24)25)26-6-1-7-27-15/h2-5,8-9H,1,6-7H2,(H,22,23)(H,24,25)/p-1. The lowest BCUT2D eigenvalue weighted by atomic mass is 10.1. The number of fused-ring (bicyclic) bond motifs is 1. The van der Waals surface area contributed by atoms with Gasteiger partial charge >= 0.3 is 6.18 Å². The van der Waals surface area contributed by atoms with Crippen LogP contribution in [0.4, 0.5) is 18.9 Å². The van der Waals surface area contributed by atoms with Crippen molar-refractivity contribution in [3.05, 3.63) is 53.1 Å². The highest BCUT2D eigenvalue weighted by atomic mass is 19.4. The van der Waals surface area contributed by atoms with E-state index in [1.54, 1.807) is 0 Å². The smallest absolute Gasteiger partial charge is 0.416 e. The van der Waals surface area contributed by atoms with Gasteiger partial charge in [0.25, 0.3) is 5.91 Å². The normalized spacial score (nSPS) is 13.6. The Morgan fingerprint density at radius 1 is 1.00 bits per heavy atom. The minimum absolute atomic E-state index is 0.0700. The molecule has 0 aliphatic carbocycles. The second-order valence-corrected chi connectivity index (χ2v) is 5.71. The van der Waals surface area contributed by atoms with Crippen molar-refractivity contribution in [1.29, 1.82) is 0 Å². The summed E-state index contributed by atoms with van der Waals surface area (Å²) in [5.41, 5.74) is -1.41. The minimum Gasteiger partial charge on any atom is -0.545 e. The molecule has 0 radical (unpaired) electrons. The Balaban J connectivity index is 1.88. The van der Waals surface area contributed by atoms with Crippen molar-refractivity contribution in [2.75, 3.05) is 18.5 Å². The first-order chi connectivity index (χ1) is 12.8. The van der Waals surface area contributed by atoms with Gasteiger partial charge in [0.15, 0.2) is 11.5 Å². The SMILES string of the molecule is O=C(Nc1cc2c(cc1C(=O)[O-])OCCCO2)c1ccc(C(F)(F)F)cc1. The number of amides is 1. The molecule has 6 nitrogen and oxygen atoms in total. The summed E-state index contributed by atoms with van der Waals surface area (Å²) in [6.07, 6.45) is -3.92. The number of hydrogen-bond acceptors (Lipinski definition) is 5. The zero-order valence-corrected chi connectivity index (χ0v) is 13.8. The zero-order chi connectivity index (χ0) is 19.6. The fourth-order valence-electron chi connectivity index (χ4n) is 2.49. The summed E-state index contributed by atoms with van der Waals surface area (Å²) in [6.45, 7) is 0.695. The molecule has 1 aliphatic rings. The van der Waals surface area contributed by atoms with E-state index in [1.807, 2.05) is 0 Å². The maximum Gasteiger partial charge on any atom is 0.416 e. The van der Waals surface area contributed by atoms with Crippen molar-refractivity contribution < 1.29 is 37.3 Å². The molecule has 2 aromatic rings. The van der Waals surface area contributed by atoms with E-state index in [-0.39, 0.29) is 28.3 Å². The summed E-state index contributed by atoms with van der Waals surface area (Å²) >= 11 is 0. The molecule has 0 spiro atoms. The molecule has 0 saturated heterocycles. The maximum absolute atomic E-state index is 12.6. The van der Waals surface area contributed by atoms with Crippen LogP contribution in [-0.2, 0) is 6.18 Å². The van der Waals surface area contributed by atoms with Gasteiger partial charge in [-0.1, -0.05) is 0 Å². The molecule has 3 rings (SSSR count). The van der Waals surface area contributed by atoms with Crippen molar-refractivity contribution in [2.24, 2.45) is 0 Å². The summed E-state index contributed by atoms with van der Waals surface area (Å²) in [6, 6.07) is 6.00. The van der Waals surface area contributed by atoms with Crippen LogP contribution in [0, 0.1) is 0 Å². The number of aromatic carboxylic acids is 1. The van der Waals surface area contributed by atoms with E-state index < -0.39 is 23.6 Å². The highest BCUT2D eigenvalue weighted by Crippen LogP contribution is 2.35. The number of ether oxygens (including phenoxy) is 2. The number of benzene rings is 2. The van der Waals surface area contributed by atoms with Gasteiger partial charge in [-0.05, 0) is 30.3 Å². The summed E-state index contributed by atoms with van der Waals surface area (Å²) < 4.78 is 48.7. The number of carboxylic acids is 1. The average molecular weight is 380 g/mol. The van der Waals surface area contributed by atoms with Gasteiger partial charge in [0, 0.05) is 23.6 Å². The zero-order valence-electron chi connectivity index (χ0n) is 13.8. The van der Waals surface area contributed by atoms with E-state index in [1.165, 1.54) is 12.1 Å². The maximum atomic E-state index is 12.6. The van der Waals surface area contributed by atoms with Crippen LogP contribution in [0.3, 0.4) is 0 Å². The second kappa shape index (κ2) is 7.18. The van der Waals surface area contributed by atoms with Gasteiger partial charge in [-0.2, -0.15) is 13.2 Å². The molecule has 1 N–H and O–H groups in total. The van der Waals surface area contributed by atoms with E-state index in [0.29, 0.717) is 19.6 Å². The van der Waals surface area contributed by atoms with E-state index in [9.17, 15) is 27.9 Å². The van der Waals surface area contributed by atoms with Crippen LogP contribution in [-0.4, -0.2) is 25.1 Å². The Morgan fingerprint density at radius 3 is 2.15 bits per heavy atom. The van der Waals surface area contributed by atoms with Gasteiger partial charge in [-0.3, -0.25) is 4.79 Å². The first kappa shape index (κ1) is 18.6. The number of carbonyl (C=O) groups excluding carboxylic acids is 2. The van der Waals surface area contributed by atoms with Crippen LogP contribution in [0.15, 0.2) is 36.4 Å². The molecule has 1 heterocycles. The van der Waals surface area contributed by atoms with Crippen molar-refractivity contribution in [1.82, 2.24) is 0 Å². The largest absolute Gasteiger partial charge is 0.545 e. The molecule has 9 heteroatoms. The number of alkyl halides is 3. The van der Waals surface area contributed by atoms with Gasteiger partial charge in [-0.15, -0.1) is 0 Å². The fraction of sp³-hybridized carbons (Fsp3) is 0.222. The molecule has 1 aliphatic heterocycles. The lowest BCUT2D eigenvalue weighted by Gasteiger charge is -2.16. The quantitative estimate of drug-likeness (QED) is 0.884. The van der Waals surface area contributed by atoms with Crippen LogP contribution < -0.4 is 19.9 Å². The predicted octanol–water partition coefficient (Wildman–Crippen LogP) is 2.48. The number of nitrogens with one attached hydrogen (secondary N) is 1. The molecular formula is C18H13F3NO5-. The predicted molar refractivity (Wildman–Crippen MR) is 85.8 cm³/mol. The Hall–Kier alpha value is -3.23. The number of carboxylic acid groups (broad SMARTS) is 1. The molecule has 0 fully saturated rings. The van der Waals surface area contributed by atoms with Crippen LogP contribution in [0.2, 0.25) is 0 Å². The molecule has 0 bridgehead atoms. The number of hydrogen-bond donors (Lipinski definition) is 1. The molecule has 1 amide bonds. The summed E-state index contributed by atoms with van der Waals surface area (Å²) in [4.78, 5) is 23.7. The molecule has 0 aromatic heterocycles. The Morgan fingerprint density at radius 2 is 1.59 bits per heavy atom. The number of anilines is 1. The Bertz CT molecular complexity index is 878. The van der Waals surface area contributed by atoms with Gasteiger partial charge < -0.3 is 24.7 Å². The molecule has 0 unspecified atom stereocenters. The van der Waals surface area contributed by atoms with Gasteiger partial charge in [0.1, 0.15) is 0 Å². The first-order valence-corrected chi connectivity index (χ1v) is 7.89. The topological polar surface area (TPSA) is 87.7 Å². The number of halogens is 3. The third kappa shape index (κ3) is 4.13. The molecule has 142 valence electrons. The van der Waals surface area contributed by atoms with E-state index in [4.69, 9.17) is 9.47 Å². The van der Waals surface area contributed by atoms with Crippen molar-refractivity contribution in [3.63, 3.8) is 0 Å². The Kier molecular flexibility index (Phi) is 4.93. The van der Waals surface area contributed by atoms with Crippen molar-refractivity contribution in [3.8, 4) is 11.5 Å². The van der Waals surface area contributed by atoms with Crippen molar-refractivity contribution in [2.45, 2.75) is 12.6 Å². The molecule has 27 heavy (non-hydrogen) atoms. The number of carbonyl (C=O) groups is 2. The molecule has 0 atom stereocenters. The molecule has 2 aromatic carbocycles. The Labute approximate surface area is 151 Å². The number of rotatable bonds is 3.